The number of hydrogen-bond donors (Lipinski definition) is 0. The van der Waals surface area contributed by atoms with E-state index in [1.807, 2.05) is 0 Å². The molecular formula is C17H15N2NaO10-4. The third-order valence-corrected chi connectivity index (χ3v) is 3.51. The predicted molar refractivity (Wildman–Crippen MR) is 81.4 cm³/mol. The maximum Gasteiger partial charge on any atom is 1.00 e. The van der Waals surface area contributed by atoms with Crippen LogP contribution in [-0.4, -0.2) is 65.8 Å². The van der Waals surface area contributed by atoms with Crippen LogP contribution in [0.1, 0.15) is 21.5 Å². The number of carboxylic acids is 5. The topological polar surface area (TPSA) is 207 Å². The second-order valence-corrected chi connectivity index (χ2v) is 6.10. The number of carboxylic acid groups (broad SMARTS) is 5. The molecule has 1 aromatic rings. The molecule has 30 heavy (non-hydrogen) atoms. The number of rotatable bonds is 13. The fraction of sp³-hybridized carbons (Fsp3) is 0.353. The Bertz CT molecular complexity index is 725. The molecule has 0 N–H and O–H groups in total. The molecular weight excluding hydrogens is 415 g/mol. The van der Waals surface area contributed by atoms with Gasteiger partial charge in [0.25, 0.3) is 0 Å². The number of nitrogens with zero attached hydrogens (tertiary/aromatic N) is 2. The van der Waals surface area contributed by atoms with Crippen molar-refractivity contribution in [1.29, 1.82) is 0 Å². The minimum absolute atomic E-state index is 0. The normalized spacial score (nSPS) is 10.5. The molecule has 13 heteroatoms. The maximum atomic E-state index is 11.2. The first-order valence-electron chi connectivity index (χ1n) is 8.04. The molecule has 0 radical (unpaired) electrons. The molecule has 0 aliphatic heterocycles. The van der Waals surface area contributed by atoms with E-state index in [0.717, 1.165) is 21.9 Å². The fourth-order valence-corrected chi connectivity index (χ4v) is 2.65. The van der Waals surface area contributed by atoms with Crippen LogP contribution in [0.3, 0.4) is 0 Å². The monoisotopic (exact) mass is 430 g/mol. The number of aromatic carboxylic acids is 1. The Labute approximate surface area is 192 Å². The van der Waals surface area contributed by atoms with Gasteiger partial charge in [0.15, 0.2) is 0 Å². The first-order chi connectivity index (χ1) is 13.5. The Morgan fingerprint density at radius 2 is 0.900 bits per heavy atom. The Morgan fingerprint density at radius 3 is 1.13 bits per heavy atom. The zero-order chi connectivity index (χ0) is 22.1. The fourth-order valence-electron chi connectivity index (χ4n) is 2.65. The summed E-state index contributed by atoms with van der Waals surface area (Å²) in [5.74, 6) is -7.90. The summed E-state index contributed by atoms with van der Waals surface area (Å²) in [4.78, 5) is 56.1. The van der Waals surface area contributed by atoms with E-state index in [9.17, 15) is 49.5 Å². The maximum absolute atomic E-state index is 11.2. The Morgan fingerprint density at radius 1 is 0.600 bits per heavy atom. The molecule has 0 fully saturated rings. The molecule has 12 nitrogen and oxygen atoms in total. The van der Waals surface area contributed by atoms with Crippen molar-refractivity contribution in [2.24, 2.45) is 0 Å². The van der Waals surface area contributed by atoms with Crippen LogP contribution >= 0.6 is 0 Å². The quantitative estimate of drug-likeness (QED) is 0.267. The predicted octanol–water partition coefficient (Wildman–Crippen LogP) is -10.3. The number of carbonyl (C=O) groups excluding carboxylic acids is 5. The van der Waals surface area contributed by atoms with Crippen LogP contribution in [0.15, 0.2) is 18.2 Å². The van der Waals surface area contributed by atoms with Crippen LogP contribution in [-0.2, 0) is 32.3 Å². The van der Waals surface area contributed by atoms with Crippen molar-refractivity contribution in [2.45, 2.75) is 13.1 Å². The Balaban J connectivity index is 0.00000841. The molecule has 0 aliphatic rings. The van der Waals surface area contributed by atoms with Crippen LogP contribution in [0.2, 0.25) is 0 Å². The first kappa shape index (κ1) is 27.5. The van der Waals surface area contributed by atoms with Gasteiger partial charge < -0.3 is 49.5 Å². The van der Waals surface area contributed by atoms with Gasteiger partial charge in [-0.2, -0.15) is 0 Å². The van der Waals surface area contributed by atoms with Crippen LogP contribution < -0.4 is 55.1 Å². The molecule has 0 aliphatic carbocycles. The zero-order valence-electron chi connectivity index (χ0n) is 16.0. The summed E-state index contributed by atoms with van der Waals surface area (Å²) in [5, 5.41) is 54.3. The van der Waals surface area contributed by atoms with E-state index < -0.39 is 56.0 Å². The third-order valence-electron chi connectivity index (χ3n) is 3.51. The van der Waals surface area contributed by atoms with E-state index in [1.165, 1.54) is 6.07 Å². The molecule has 0 unspecified atom stereocenters. The number of aliphatic carboxylic acids is 4. The second-order valence-electron chi connectivity index (χ2n) is 6.10. The van der Waals surface area contributed by atoms with Gasteiger partial charge in [-0.3, -0.25) is 9.80 Å². The standard InChI is InChI=1S/C17H20N2O10.Na/c20-13(21)6-18(7-14(22)23)4-10-1-11(3-12(2-10)17(28)29)5-19(8-15(24)25)9-16(26)27;/h1-3H,4-9H2,(H,20,21)(H,22,23)(H,24,25)(H,26,27)(H,28,29);/q;+1/p-5. The molecule has 0 heterocycles. The largest absolute Gasteiger partial charge is 1.00 e. The van der Waals surface area contributed by atoms with Crippen LogP contribution in [0.5, 0.6) is 0 Å². The van der Waals surface area contributed by atoms with Gasteiger partial charge in [-0.25, -0.2) is 0 Å². The van der Waals surface area contributed by atoms with Crippen molar-refractivity contribution >= 4 is 29.8 Å². The summed E-state index contributed by atoms with van der Waals surface area (Å²) in [5.41, 5.74) is -0.0432. The van der Waals surface area contributed by atoms with E-state index in [4.69, 9.17) is 0 Å². The number of benzene rings is 1. The van der Waals surface area contributed by atoms with E-state index in [2.05, 4.69) is 0 Å². The molecule has 158 valence electrons. The van der Waals surface area contributed by atoms with Gasteiger partial charge in [-0.05, 0) is 28.8 Å². The van der Waals surface area contributed by atoms with Gasteiger partial charge >= 0.3 is 29.6 Å². The van der Waals surface area contributed by atoms with Crippen molar-refractivity contribution in [3.05, 3.63) is 34.9 Å². The average Bonchev–Trinajstić information content (AvgIpc) is 2.51. The Hall–Kier alpha value is -2.51. The molecule has 0 bridgehead atoms. The van der Waals surface area contributed by atoms with E-state index >= 15 is 0 Å². The van der Waals surface area contributed by atoms with Crippen molar-refractivity contribution in [3.8, 4) is 0 Å². The summed E-state index contributed by atoms with van der Waals surface area (Å²) >= 11 is 0. The van der Waals surface area contributed by atoms with Gasteiger partial charge in [-0.15, -0.1) is 0 Å². The minimum Gasteiger partial charge on any atom is -0.549 e. The van der Waals surface area contributed by atoms with Gasteiger partial charge in [0.2, 0.25) is 0 Å². The zero-order valence-corrected chi connectivity index (χ0v) is 18.0. The molecule has 0 saturated carbocycles. The van der Waals surface area contributed by atoms with E-state index in [-0.39, 0.29) is 59.3 Å². The summed E-state index contributed by atoms with van der Waals surface area (Å²) < 4.78 is 0. The molecule has 0 aromatic heterocycles. The molecule has 0 amide bonds. The molecule has 1 rings (SSSR count). The van der Waals surface area contributed by atoms with Gasteiger partial charge in [0.1, 0.15) is 0 Å². The first-order valence-corrected chi connectivity index (χ1v) is 8.04. The van der Waals surface area contributed by atoms with Crippen LogP contribution in [0.25, 0.3) is 0 Å². The van der Waals surface area contributed by atoms with Crippen molar-refractivity contribution < 1.29 is 79.1 Å². The second kappa shape index (κ2) is 12.9. The summed E-state index contributed by atoms with van der Waals surface area (Å²) in [6.45, 7) is -3.75. The smallest absolute Gasteiger partial charge is 0.549 e. The van der Waals surface area contributed by atoms with E-state index in [1.54, 1.807) is 0 Å². The summed E-state index contributed by atoms with van der Waals surface area (Å²) in [6.07, 6.45) is 0. The van der Waals surface area contributed by atoms with Gasteiger partial charge in [0, 0.05) is 39.3 Å². The Kier molecular flexibility index (Phi) is 11.8. The molecule has 1 aromatic carbocycles. The third kappa shape index (κ3) is 10.9. The van der Waals surface area contributed by atoms with Crippen molar-refractivity contribution in [1.82, 2.24) is 9.80 Å². The number of carbonyl (C=O) groups is 5. The van der Waals surface area contributed by atoms with E-state index in [0.29, 0.717) is 0 Å². The summed E-state index contributed by atoms with van der Waals surface area (Å²) in [7, 11) is 0. The SMILES string of the molecule is O=C([O-])CN(CC(=O)[O-])Cc1cc(CN(CC(=O)[O-])CC(=O)[O-])cc(C(=O)[O-])c1.[Na+]. The van der Waals surface area contributed by atoms with Gasteiger partial charge in [0.05, 0.1) is 29.8 Å². The van der Waals surface area contributed by atoms with Gasteiger partial charge in [-0.1, -0.05) is 6.07 Å². The van der Waals surface area contributed by atoms with Crippen LogP contribution in [0.4, 0.5) is 0 Å². The average molecular weight is 430 g/mol. The minimum atomic E-state index is -1.61. The molecule has 0 atom stereocenters. The summed E-state index contributed by atoms with van der Waals surface area (Å²) in [6, 6.07) is 3.55. The molecule has 0 saturated heterocycles. The molecule has 0 spiro atoms. The van der Waals surface area contributed by atoms with Crippen molar-refractivity contribution in [3.63, 3.8) is 0 Å². The van der Waals surface area contributed by atoms with Crippen LogP contribution in [0, 0.1) is 0 Å². The van der Waals surface area contributed by atoms with Crippen molar-refractivity contribution in [2.75, 3.05) is 26.2 Å². The number of hydrogen-bond acceptors (Lipinski definition) is 12.